The summed E-state index contributed by atoms with van der Waals surface area (Å²) in [6.07, 6.45) is 3.75. The van der Waals surface area contributed by atoms with Gasteiger partial charge in [0.05, 0.1) is 11.7 Å². The number of hydrogen-bond acceptors (Lipinski definition) is 3. The monoisotopic (exact) mass is 346 g/mol. The fraction of sp³-hybridized carbons (Fsp3) is 0.368. The van der Waals surface area contributed by atoms with Gasteiger partial charge in [-0.05, 0) is 37.0 Å². The van der Waals surface area contributed by atoms with Crippen molar-refractivity contribution in [3.05, 3.63) is 65.0 Å². The minimum absolute atomic E-state index is 0.242. The first-order valence-electron chi connectivity index (χ1n) is 8.39. The number of aliphatic carboxylic acids is 1. The molecule has 6 heteroatoms. The van der Waals surface area contributed by atoms with Crippen molar-refractivity contribution in [1.82, 2.24) is 9.88 Å². The van der Waals surface area contributed by atoms with E-state index in [9.17, 15) is 18.7 Å². The minimum atomic E-state index is -0.935. The molecule has 0 amide bonds. The van der Waals surface area contributed by atoms with Gasteiger partial charge >= 0.3 is 5.97 Å². The molecule has 2 heterocycles. The van der Waals surface area contributed by atoms with Gasteiger partial charge in [-0.15, -0.1) is 0 Å². The van der Waals surface area contributed by atoms with Crippen molar-refractivity contribution in [2.24, 2.45) is 0 Å². The summed E-state index contributed by atoms with van der Waals surface area (Å²) >= 11 is 0. The van der Waals surface area contributed by atoms with Crippen LogP contribution in [0.5, 0.6) is 0 Å². The number of carbonyl (C=O) groups is 1. The van der Waals surface area contributed by atoms with Gasteiger partial charge in [0.1, 0.15) is 17.7 Å². The van der Waals surface area contributed by atoms with Gasteiger partial charge in [0.2, 0.25) is 0 Å². The number of aromatic nitrogens is 1. The number of carboxylic acid groups (broad SMARTS) is 1. The molecule has 0 radical (unpaired) electrons. The van der Waals surface area contributed by atoms with E-state index in [4.69, 9.17) is 0 Å². The zero-order chi connectivity index (χ0) is 18.0. The van der Waals surface area contributed by atoms with Gasteiger partial charge in [0.25, 0.3) is 0 Å². The van der Waals surface area contributed by atoms with Crippen LogP contribution in [0.3, 0.4) is 0 Å². The molecule has 1 aliphatic heterocycles. The van der Waals surface area contributed by atoms with Gasteiger partial charge < -0.3 is 5.11 Å². The number of likely N-dealkylation sites (tertiary alicyclic amines) is 1. The highest BCUT2D eigenvalue weighted by atomic mass is 19.1. The van der Waals surface area contributed by atoms with Crippen LogP contribution in [0.15, 0.2) is 36.5 Å². The van der Waals surface area contributed by atoms with Crippen molar-refractivity contribution in [3.8, 4) is 0 Å². The smallest absolute Gasteiger partial charge is 0.320 e. The van der Waals surface area contributed by atoms with E-state index < -0.39 is 29.7 Å². The quantitative estimate of drug-likeness (QED) is 0.899. The number of nitrogens with zero attached hydrogens (tertiary/aromatic N) is 2. The number of halogens is 2. The first-order chi connectivity index (χ1) is 12.0. The topological polar surface area (TPSA) is 53.4 Å². The molecular weight excluding hydrogens is 326 g/mol. The minimum Gasteiger partial charge on any atom is -0.480 e. The lowest BCUT2D eigenvalue weighted by Crippen LogP contribution is -2.39. The average Bonchev–Trinajstić information content (AvgIpc) is 3.07. The number of aryl methyl sites for hydroxylation is 1. The maximum absolute atomic E-state index is 14.5. The zero-order valence-corrected chi connectivity index (χ0v) is 14.0. The third kappa shape index (κ3) is 3.54. The SMILES string of the molecule is CCc1ccc(C(c2ccc(F)cc2F)N2CCCC2C(=O)O)nc1. The second kappa shape index (κ2) is 7.27. The average molecular weight is 346 g/mol. The maximum Gasteiger partial charge on any atom is 0.320 e. The van der Waals surface area contributed by atoms with Crippen molar-refractivity contribution in [2.45, 2.75) is 38.3 Å². The Hall–Kier alpha value is -2.34. The maximum atomic E-state index is 14.5. The lowest BCUT2D eigenvalue weighted by molar-refractivity contribution is -0.142. The fourth-order valence-electron chi connectivity index (χ4n) is 3.40. The normalized spacial score (nSPS) is 19.1. The van der Waals surface area contributed by atoms with Crippen LogP contribution in [-0.2, 0) is 11.2 Å². The summed E-state index contributed by atoms with van der Waals surface area (Å²) in [5.41, 5.74) is 1.85. The van der Waals surface area contributed by atoms with Crippen LogP contribution < -0.4 is 0 Å². The first-order valence-corrected chi connectivity index (χ1v) is 8.39. The van der Waals surface area contributed by atoms with Gasteiger partial charge in [0.15, 0.2) is 0 Å². The third-order valence-corrected chi connectivity index (χ3v) is 4.70. The Balaban J connectivity index is 2.08. The third-order valence-electron chi connectivity index (χ3n) is 4.70. The fourth-order valence-corrected chi connectivity index (χ4v) is 3.40. The van der Waals surface area contributed by atoms with Crippen LogP contribution in [0.1, 0.15) is 42.6 Å². The molecule has 1 N–H and O–H groups in total. The molecule has 1 aliphatic rings. The number of pyridine rings is 1. The lowest BCUT2D eigenvalue weighted by Gasteiger charge is -2.31. The zero-order valence-electron chi connectivity index (χ0n) is 14.0. The van der Waals surface area contributed by atoms with Crippen molar-refractivity contribution >= 4 is 5.97 Å². The first kappa shape index (κ1) is 17.5. The van der Waals surface area contributed by atoms with Crippen LogP contribution in [0.4, 0.5) is 8.78 Å². The van der Waals surface area contributed by atoms with Crippen LogP contribution in [0.2, 0.25) is 0 Å². The molecule has 25 heavy (non-hydrogen) atoms. The highest BCUT2D eigenvalue weighted by Gasteiger charge is 2.38. The van der Waals surface area contributed by atoms with Gasteiger partial charge in [-0.25, -0.2) is 8.78 Å². The lowest BCUT2D eigenvalue weighted by atomic mass is 9.99. The Bertz CT molecular complexity index is 765. The Morgan fingerprint density at radius 1 is 1.36 bits per heavy atom. The Morgan fingerprint density at radius 2 is 2.16 bits per heavy atom. The van der Waals surface area contributed by atoms with Crippen molar-refractivity contribution in [3.63, 3.8) is 0 Å². The summed E-state index contributed by atoms with van der Waals surface area (Å²) in [5, 5.41) is 9.51. The van der Waals surface area contributed by atoms with E-state index in [1.807, 2.05) is 13.0 Å². The standard InChI is InChI=1S/C19H20F2N2O2/c1-2-12-5-8-16(22-11-12)18(14-7-6-13(20)10-15(14)21)23-9-3-4-17(23)19(24)25/h5-8,10-11,17-18H,2-4,9H2,1H3,(H,24,25). The Morgan fingerprint density at radius 3 is 2.76 bits per heavy atom. The van der Waals surface area contributed by atoms with E-state index in [-0.39, 0.29) is 5.56 Å². The predicted molar refractivity (Wildman–Crippen MR) is 89.2 cm³/mol. The molecule has 3 rings (SSSR count). The number of carboxylic acids is 1. The molecule has 0 bridgehead atoms. The van der Waals surface area contributed by atoms with Crippen LogP contribution in [-0.4, -0.2) is 33.5 Å². The summed E-state index contributed by atoms with van der Waals surface area (Å²) in [4.78, 5) is 17.8. The molecule has 0 saturated carbocycles. The van der Waals surface area contributed by atoms with E-state index in [0.29, 0.717) is 25.1 Å². The van der Waals surface area contributed by atoms with Crippen molar-refractivity contribution in [2.75, 3.05) is 6.54 Å². The highest BCUT2D eigenvalue weighted by molar-refractivity contribution is 5.74. The molecule has 2 unspecified atom stereocenters. The summed E-state index contributed by atoms with van der Waals surface area (Å²) in [6, 6.07) is 5.73. The van der Waals surface area contributed by atoms with Crippen LogP contribution in [0.25, 0.3) is 0 Å². The molecule has 1 saturated heterocycles. The summed E-state index contributed by atoms with van der Waals surface area (Å²) < 4.78 is 27.8. The van der Waals surface area contributed by atoms with E-state index >= 15 is 0 Å². The van der Waals surface area contributed by atoms with E-state index in [2.05, 4.69) is 4.98 Å². The molecule has 132 valence electrons. The van der Waals surface area contributed by atoms with Crippen molar-refractivity contribution in [1.29, 1.82) is 0 Å². The van der Waals surface area contributed by atoms with Crippen LogP contribution in [0, 0.1) is 11.6 Å². The Labute approximate surface area is 145 Å². The van der Waals surface area contributed by atoms with E-state index in [0.717, 1.165) is 18.1 Å². The molecule has 2 atom stereocenters. The number of hydrogen-bond donors (Lipinski definition) is 1. The van der Waals surface area contributed by atoms with Crippen molar-refractivity contribution < 1.29 is 18.7 Å². The van der Waals surface area contributed by atoms with E-state index in [1.165, 1.54) is 12.1 Å². The second-order valence-electron chi connectivity index (χ2n) is 6.25. The number of rotatable bonds is 5. The molecule has 2 aromatic rings. The molecule has 1 fully saturated rings. The number of benzene rings is 1. The predicted octanol–water partition coefficient (Wildman–Crippen LogP) is 3.56. The molecule has 4 nitrogen and oxygen atoms in total. The van der Waals surface area contributed by atoms with Gasteiger partial charge in [-0.3, -0.25) is 14.7 Å². The summed E-state index contributed by atoms with van der Waals surface area (Å²) in [5.74, 6) is -2.29. The van der Waals surface area contributed by atoms with Gasteiger partial charge in [-0.2, -0.15) is 0 Å². The highest BCUT2D eigenvalue weighted by Crippen LogP contribution is 2.35. The second-order valence-corrected chi connectivity index (χ2v) is 6.25. The van der Waals surface area contributed by atoms with Crippen LogP contribution >= 0.6 is 0 Å². The molecule has 1 aromatic heterocycles. The summed E-state index contributed by atoms with van der Waals surface area (Å²) in [7, 11) is 0. The molecule has 1 aromatic carbocycles. The van der Waals surface area contributed by atoms with Gasteiger partial charge in [-0.1, -0.05) is 19.1 Å². The van der Waals surface area contributed by atoms with Gasteiger partial charge in [0, 0.05) is 24.4 Å². The van der Waals surface area contributed by atoms with E-state index in [1.54, 1.807) is 17.2 Å². The summed E-state index contributed by atoms with van der Waals surface area (Å²) in [6.45, 7) is 2.53. The Kier molecular flexibility index (Phi) is 5.08. The molecular formula is C19H20F2N2O2. The molecule has 0 aliphatic carbocycles. The molecule has 0 spiro atoms. The largest absolute Gasteiger partial charge is 0.480 e.